The normalized spacial score (nSPS) is 11.9. The molecule has 1 aromatic carbocycles. The fourth-order valence-corrected chi connectivity index (χ4v) is 2.34. The van der Waals surface area contributed by atoms with Crippen molar-refractivity contribution in [3.63, 3.8) is 0 Å². The summed E-state index contributed by atoms with van der Waals surface area (Å²) in [7, 11) is 1.23. The Morgan fingerprint density at radius 3 is 2.55 bits per heavy atom. The van der Waals surface area contributed by atoms with Gasteiger partial charge in [0.05, 0.1) is 7.11 Å². The van der Waals surface area contributed by atoms with E-state index in [2.05, 4.69) is 15.4 Å². The number of thioether (sulfide) groups is 1. The maximum absolute atomic E-state index is 13.7. The lowest BCUT2D eigenvalue weighted by molar-refractivity contribution is -0.118. The molecule has 1 atom stereocenters. The summed E-state index contributed by atoms with van der Waals surface area (Å²) in [6.07, 6.45) is 1.55. The van der Waals surface area contributed by atoms with Gasteiger partial charge in [-0.25, -0.2) is 9.18 Å². The van der Waals surface area contributed by atoms with Crippen LogP contribution in [-0.4, -0.2) is 31.4 Å². The number of hydrogen-bond donors (Lipinski definition) is 2. The van der Waals surface area contributed by atoms with Crippen LogP contribution in [0.5, 0.6) is 0 Å². The van der Waals surface area contributed by atoms with Crippen molar-refractivity contribution >= 4 is 29.4 Å². The number of carbonyl (C=O) groups excluding carboxylic acids is 2. The van der Waals surface area contributed by atoms with Gasteiger partial charge >= 0.3 is 6.09 Å². The molecule has 5 nitrogen and oxygen atoms in total. The molecule has 1 rings (SSSR count). The summed E-state index contributed by atoms with van der Waals surface area (Å²) in [6, 6.07) is 3.74. The maximum Gasteiger partial charge on any atom is 0.407 e. The van der Waals surface area contributed by atoms with Crippen LogP contribution in [0.4, 0.5) is 14.9 Å². The molecule has 0 aliphatic rings. The highest BCUT2D eigenvalue weighted by Crippen LogP contribution is 2.22. The van der Waals surface area contributed by atoms with Crippen LogP contribution in [0, 0.1) is 11.7 Å². The van der Waals surface area contributed by atoms with Gasteiger partial charge in [0.1, 0.15) is 11.9 Å². The standard InChI is InChI=1S/C15H21FN2O3S/c1-9(2)7-12(18-15(20)21-3)14(19)17-10-5-6-13(22-4)11(16)8-10/h5-6,8-9,12H,7H2,1-4H3,(H,17,19)(H,18,20)/t12-/m0/s1. The van der Waals surface area contributed by atoms with Gasteiger partial charge in [-0.1, -0.05) is 13.8 Å². The zero-order valence-electron chi connectivity index (χ0n) is 13.1. The molecule has 0 unspecified atom stereocenters. The topological polar surface area (TPSA) is 67.4 Å². The highest BCUT2D eigenvalue weighted by atomic mass is 32.2. The van der Waals surface area contributed by atoms with Crippen LogP contribution in [0.15, 0.2) is 23.1 Å². The summed E-state index contributed by atoms with van der Waals surface area (Å²) < 4.78 is 18.2. The lowest BCUT2D eigenvalue weighted by atomic mass is 10.0. The average molecular weight is 328 g/mol. The van der Waals surface area contributed by atoms with Gasteiger partial charge in [0.2, 0.25) is 5.91 Å². The first-order valence-corrected chi connectivity index (χ1v) is 8.08. The molecule has 122 valence electrons. The molecule has 0 saturated heterocycles. The zero-order chi connectivity index (χ0) is 16.7. The fraction of sp³-hybridized carbons (Fsp3) is 0.467. The number of benzene rings is 1. The van der Waals surface area contributed by atoms with Gasteiger partial charge in [-0.2, -0.15) is 0 Å². The van der Waals surface area contributed by atoms with Gasteiger partial charge in [0.25, 0.3) is 0 Å². The van der Waals surface area contributed by atoms with Crippen molar-refractivity contribution in [3.05, 3.63) is 24.0 Å². The summed E-state index contributed by atoms with van der Waals surface area (Å²) in [5.74, 6) is -0.606. The van der Waals surface area contributed by atoms with E-state index < -0.39 is 23.9 Å². The molecular weight excluding hydrogens is 307 g/mol. The number of amides is 2. The van der Waals surface area contributed by atoms with Crippen LogP contribution >= 0.6 is 11.8 Å². The molecule has 7 heteroatoms. The SMILES string of the molecule is COC(=O)N[C@@H](CC(C)C)C(=O)Nc1ccc(SC)c(F)c1. The van der Waals surface area contributed by atoms with Crippen molar-refractivity contribution in [1.82, 2.24) is 5.32 Å². The van der Waals surface area contributed by atoms with E-state index in [4.69, 9.17) is 0 Å². The molecule has 0 aliphatic heterocycles. The van der Waals surface area contributed by atoms with E-state index in [-0.39, 0.29) is 5.92 Å². The van der Waals surface area contributed by atoms with Crippen molar-refractivity contribution in [2.24, 2.45) is 5.92 Å². The van der Waals surface area contributed by atoms with E-state index in [1.807, 2.05) is 13.8 Å². The van der Waals surface area contributed by atoms with E-state index in [0.717, 1.165) is 0 Å². The van der Waals surface area contributed by atoms with Gasteiger partial charge in [-0.15, -0.1) is 11.8 Å². The minimum absolute atomic E-state index is 0.198. The second-order valence-electron chi connectivity index (χ2n) is 5.16. The lowest BCUT2D eigenvalue weighted by Gasteiger charge is -2.19. The minimum Gasteiger partial charge on any atom is -0.453 e. The number of methoxy groups -OCH3 is 1. The van der Waals surface area contributed by atoms with Gasteiger partial charge in [0, 0.05) is 10.6 Å². The van der Waals surface area contributed by atoms with Crippen molar-refractivity contribution < 1.29 is 18.7 Å². The van der Waals surface area contributed by atoms with E-state index >= 15 is 0 Å². The van der Waals surface area contributed by atoms with Crippen molar-refractivity contribution in [2.75, 3.05) is 18.7 Å². The quantitative estimate of drug-likeness (QED) is 0.787. The molecule has 0 heterocycles. The van der Waals surface area contributed by atoms with Crippen LogP contribution in [0.3, 0.4) is 0 Å². The number of alkyl carbamates (subject to hydrolysis) is 1. The summed E-state index contributed by atoms with van der Waals surface area (Å²) in [4.78, 5) is 24.1. The number of nitrogens with one attached hydrogen (secondary N) is 2. The van der Waals surface area contributed by atoms with E-state index in [9.17, 15) is 14.0 Å². The first kappa shape index (κ1) is 18.3. The van der Waals surface area contributed by atoms with Crippen LogP contribution in [0.25, 0.3) is 0 Å². The first-order valence-electron chi connectivity index (χ1n) is 6.86. The van der Waals surface area contributed by atoms with E-state index in [1.165, 1.54) is 24.9 Å². The van der Waals surface area contributed by atoms with Gasteiger partial charge in [0.15, 0.2) is 0 Å². The zero-order valence-corrected chi connectivity index (χ0v) is 13.9. The number of hydrogen-bond acceptors (Lipinski definition) is 4. The smallest absolute Gasteiger partial charge is 0.407 e. The van der Waals surface area contributed by atoms with Crippen molar-refractivity contribution in [1.29, 1.82) is 0 Å². The Bertz CT molecular complexity index is 538. The Hall–Kier alpha value is -1.76. The third-order valence-electron chi connectivity index (χ3n) is 2.92. The van der Waals surface area contributed by atoms with Crippen LogP contribution < -0.4 is 10.6 Å². The monoisotopic (exact) mass is 328 g/mol. The molecule has 0 fully saturated rings. The fourth-order valence-electron chi connectivity index (χ4n) is 1.88. The minimum atomic E-state index is -0.740. The molecule has 0 saturated carbocycles. The molecule has 0 radical (unpaired) electrons. The van der Waals surface area contributed by atoms with E-state index in [1.54, 1.807) is 18.4 Å². The number of anilines is 1. The Labute approximate surface area is 134 Å². The third kappa shape index (κ3) is 5.55. The Morgan fingerprint density at radius 1 is 1.36 bits per heavy atom. The summed E-state index contributed by atoms with van der Waals surface area (Å²) in [6.45, 7) is 3.87. The second kappa shape index (κ2) is 8.63. The van der Waals surface area contributed by atoms with Gasteiger partial charge < -0.3 is 15.4 Å². The van der Waals surface area contributed by atoms with Crippen LogP contribution in [-0.2, 0) is 9.53 Å². The summed E-state index contributed by atoms with van der Waals surface area (Å²) in [5, 5.41) is 5.09. The number of carbonyl (C=O) groups is 2. The predicted octanol–water partition coefficient (Wildman–Crippen LogP) is 3.26. The third-order valence-corrected chi connectivity index (χ3v) is 3.69. The maximum atomic E-state index is 13.7. The van der Waals surface area contributed by atoms with Crippen LogP contribution in [0.2, 0.25) is 0 Å². The molecule has 0 aromatic heterocycles. The average Bonchev–Trinajstić information content (AvgIpc) is 2.46. The highest BCUT2D eigenvalue weighted by Gasteiger charge is 2.22. The second-order valence-corrected chi connectivity index (χ2v) is 6.00. The lowest BCUT2D eigenvalue weighted by Crippen LogP contribution is -2.44. The summed E-state index contributed by atoms with van der Waals surface area (Å²) >= 11 is 1.29. The first-order chi connectivity index (χ1) is 10.4. The van der Waals surface area contributed by atoms with Gasteiger partial charge in [-0.3, -0.25) is 4.79 Å². The number of ether oxygens (including phenoxy) is 1. The molecule has 0 bridgehead atoms. The largest absolute Gasteiger partial charge is 0.453 e. The van der Waals surface area contributed by atoms with Gasteiger partial charge in [-0.05, 0) is 36.8 Å². The number of halogens is 1. The van der Waals surface area contributed by atoms with E-state index in [0.29, 0.717) is 17.0 Å². The Kier molecular flexibility index (Phi) is 7.17. The molecule has 1 aromatic rings. The van der Waals surface area contributed by atoms with Crippen molar-refractivity contribution in [3.8, 4) is 0 Å². The van der Waals surface area contributed by atoms with Crippen LogP contribution in [0.1, 0.15) is 20.3 Å². The summed E-state index contributed by atoms with van der Waals surface area (Å²) in [5.41, 5.74) is 0.348. The Balaban J connectivity index is 2.81. The Morgan fingerprint density at radius 2 is 2.05 bits per heavy atom. The molecule has 2 amide bonds. The number of rotatable bonds is 6. The predicted molar refractivity (Wildman–Crippen MR) is 85.6 cm³/mol. The molecular formula is C15H21FN2O3S. The van der Waals surface area contributed by atoms with Crippen molar-refractivity contribution in [2.45, 2.75) is 31.2 Å². The highest BCUT2D eigenvalue weighted by molar-refractivity contribution is 7.98. The molecule has 0 spiro atoms. The molecule has 0 aliphatic carbocycles. The molecule has 2 N–H and O–H groups in total. The molecule has 22 heavy (non-hydrogen) atoms.